The predicted octanol–water partition coefficient (Wildman–Crippen LogP) is 2.16. The zero-order chi connectivity index (χ0) is 13.0. The van der Waals surface area contributed by atoms with Gasteiger partial charge in [0.15, 0.2) is 0 Å². The maximum absolute atomic E-state index is 5.90. The minimum absolute atomic E-state index is 0.0879. The molecule has 0 amide bonds. The zero-order valence-electron chi connectivity index (χ0n) is 11.3. The Balaban J connectivity index is 2.12. The van der Waals surface area contributed by atoms with Gasteiger partial charge in [0.1, 0.15) is 5.60 Å². The van der Waals surface area contributed by atoms with E-state index < -0.39 is 0 Å². The van der Waals surface area contributed by atoms with Crippen molar-refractivity contribution in [1.82, 2.24) is 10.1 Å². The Bertz CT molecular complexity index is 372. The predicted molar refractivity (Wildman–Crippen MR) is 68.0 cm³/mol. The molecule has 5 nitrogen and oxygen atoms in total. The van der Waals surface area contributed by atoms with Gasteiger partial charge in [-0.3, -0.25) is 0 Å². The summed E-state index contributed by atoms with van der Waals surface area (Å²) in [5.41, 5.74) is 5.59. The molecule has 5 heteroatoms. The lowest BCUT2D eigenvalue weighted by atomic mass is 10.0. The van der Waals surface area contributed by atoms with Crippen molar-refractivity contribution in [3.8, 4) is 0 Å². The van der Waals surface area contributed by atoms with Gasteiger partial charge in [-0.2, -0.15) is 4.98 Å². The molecule has 1 heterocycles. The number of aromatic nitrogens is 2. The van der Waals surface area contributed by atoms with E-state index in [0.717, 1.165) is 19.3 Å². The number of hydrogen-bond acceptors (Lipinski definition) is 5. The normalized spacial score (nSPS) is 20.2. The van der Waals surface area contributed by atoms with Crippen LogP contribution in [0.3, 0.4) is 0 Å². The highest BCUT2D eigenvalue weighted by Gasteiger charge is 2.40. The van der Waals surface area contributed by atoms with E-state index in [2.05, 4.69) is 17.1 Å². The molecule has 0 saturated heterocycles. The molecule has 1 saturated carbocycles. The molecular weight excluding hydrogens is 230 g/mol. The Morgan fingerprint density at radius 3 is 2.72 bits per heavy atom. The Kier molecular flexibility index (Phi) is 4.35. The molecule has 0 spiro atoms. The van der Waals surface area contributed by atoms with E-state index in [1.165, 1.54) is 12.8 Å². The molecular formula is C13H23N3O2. The lowest BCUT2D eigenvalue weighted by molar-refractivity contribution is -0.0469. The molecule has 2 N–H and O–H groups in total. The first kappa shape index (κ1) is 13.5. The molecule has 1 aromatic rings. The summed E-state index contributed by atoms with van der Waals surface area (Å²) in [4.78, 5) is 4.49. The number of hydrogen-bond donors (Lipinski definition) is 1. The van der Waals surface area contributed by atoms with Crippen LogP contribution in [-0.2, 0) is 16.8 Å². The van der Waals surface area contributed by atoms with Gasteiger partial charge >= 0.3 is 0 Å². The van der Waals surface area contributed by atoms with Gasteiger partial charge in [-0.05, 0) is 39.0 Å². The SMILES string of the molecule is CCOC1(c2noc(CC(N)CC)n2)CCCC1. The fraction of sp³-hybridized carbons (Fsp3) is 0.846. The summed E-state index contributed by atoms with van der Waals surface area (Å²) < 4.78 is 11.2. The van der Waals surface area contributed by atoms with Crippen LogP contribution in [0.1, 0.15) is 57.7 Å². The number of nitrogens with zero attached hydrogens (tertiary/aromatic N) is 2. The number of ether oxygens (including phenoxy) is 1. The van der Waals surface area contributed by atoms with Gasteiger partial charge in [-0.1, -0.05) is 12.1 Å². The maximum Gasteiger partial charge on any atom is 0.228 e. The van der Waals surface area contributed by atoms with Crippen molar-refractivity contribution in [1.29, 1.82) is 0 Å². The van der Waals surface area contributed by atoms with Crippen LogP contribution in [0.15, 0.2) is 4.52 Å². The first-order chi connectivity index (χ1) is 8.70. The molecule has 1 aromatic heterocycles. The molecule has 1 fully saturated rings. The van der Waals surface area contributed by atoms with Gasteiger partial charge in [0.05, 0.1) is 0 Å². The van der Waals surface area contributed by atoms with Crippen LogP contribution in [0.4, 0.5) is 0 Å². The lowest BCUT2D eigenvalue weighted by Gasteiger charge is -2.24. The third-order valence-electron chi connectivity index (χ3n) is 3.67. The van der Waals surface area contributed by atoms with Gasteiger partial charge in [0.25, 0.3) is 0 Å². The summed E-state index contributed by atoms with van der Waals surface area (Å²) in [6.07, 6.45) is 5.86. The van der Waals surface area contributed by atoms with Crippen molar-refractivity contribution >= 4 is 0 Å². The summed E-state index contributed by atoms with van der Waals surface area (Å²) in [5.74, 6) is 1.34. The first-order valence-corrected chi connectivity index (χ1v) is 6.93. The number of nitrogens with two attached hydrogens (primary N) is 1. The Labute approximate surface area is 108 Å². The molecule has 18 heavy (non-hydrogen) atoms. The summed E-state index contributed by atoms with van der Waals surface area (Å²) >= 11 is 0. The van der Waals surface area contributed by atoms with Crippen molar-refractivity contribution in [2.24, 2.45) is 5.73 Å². The molecule has 1 atom stereocenters. The Morgan fingerprint density at radius 2 is 2.11 bits per heavy atom. The smallest absolute Gasteiger partial charge is 0.228 e. The lowest BCUT2D eigenvalue weighted by Crippen LogP contribution is -2.28. The topological polar surface area (TPSA) is 74.2 Å². The monoisotopic (exact) mass is 253 g/mol. The highest BCUT2D eigenvalue weighted by molar-refractivity contribution is 5.05. The first-order valence-electron chi connectivity index (χ1n) is 6.93. The summed E-state index contributed by atoms with van der Waals surface area (Å²) in [5, 5.41) is 4.11. The van der Waals surface area contributed by atoms with Crippen LogP contribution < -0.4 is 5.73 Å². The third-order valence-corrected chi connectivity index (χ3v) is 3.67. The van der Waals surface area contributed by atoms with Crippen molar-refractivity contribution in [2.75, 3.05) is 6.61 Å². The molecule has 1 unspecified atom stereocenters. The summed E-state index contributed by atoms with van der Waals surface area (Å²) in [6, 6.07) is 0.0879. The van der Waals surface area contributed by atoms with Crippen molar-refractivity contribution in [2.45, 2.75) is 64.0 Å². The second kappa shape index (κ2) is 5.80. The average molecular weight is 253 g/mol. The molecule has 0 bridgehead atoms. The molecule has 2 rings (SSSR count). The average Bonchev–Trinajstić information content (AvgIpc) is 2.99. The second-order valence-corrected chi connectivity index (χ2v) is 5.02. The summed E-state index contributed by atoms with van der Waals surface area (Å²) in [7, 11) is 0. The highest BCUT2D eigenvalue weighted by Crippen LogP contribution is 2.40. The quantitative estimate of drug-likeness (QED) is 0.840. The van der Waals surface area contributed by atoms with Gasteiger partial charge < -0.3 is 15.0 Å². The number of rotatable bonds is 6. The third kappa shape index (κ3) is 2.72. The Hall–Kier alpha value is -0.940. The molecule has 0 aromatic carbocycles. The van der Waals surface area contributed by atoms with E-state index in [1.54, 1.807) is 0 Å². The maximum atomic E-state index is 5.90. The van der Waals surface area contributed by atoms with Crippen molar-refractivity contribution < 1.29 is 9.26 Å². The summed E-state index contributed by atoms with van der Waals surface area (Å²) in [6.45, 7) is 4.74. The largest absolute Gasteiger partial charge is 0.367 e. The van der Waals surface area contributed by atoms with Crippen molar-refractivity contribution in [3.63, 3.8) is 0 Å². The highest BCUT2D eigenvalue weighted by atomic mass is 16.5. The zero-order valence-corrected chi connectivity index (χ0v) is 11.3. The molecule has 102 valence electrons. The van der Waals surface area contributed by atoms with Crippen LogP contribution in [0.2, 0.25) is 0 Å². The molecule has 0 radical (unpaired) electrons. The van der Waals surface area contributed by atoms with Crippen LogP contribution in [0, 0.1) is 0 Å². The van der Waals surface area contributed by atoms with E-state index in [4.69, 9.17) is 15.0 Å². The van der Waals surface area contributed by atoms with Crippen LogP contribution >= 0.6 is 0 Å². The molecule has 0 aliphatic heterocycles. The van der Waals surface area contributed by atoms with Crippen molar-refractivity contribution in [3.05, 3.63) is 11.7 Å². The van der Waals surface area contributed by atoms with E-state index >= 15 is 0 Å². The van der Waals surface area contributed by atoms with E-state index in [9.17, 15) is 0 Å². The second-order valence-electron chi connectivity index (χ2n) is 5.02. The fourth-order valence-electron chi connectivity index (χ4n) is 2.55. The molecule has 1 aliphatic carbocycles. The van der Waals surface area contributed by atoms with Gasteiger partial charge in [-0.15, -0.1) is 0 Å². The standard InChI is InChI=1S/C13H23N3O2/c1-3-10(14)9-11-15-12(16-18-11)13(17-4-2)7-5-6-8-13/h10H,3-9,14H2,1-2H3. The van der Waals surface area contributed by atoms with Crippen LogP contribution in [0.25, 0.3) is 0 Å². The van der Waals surface area contributed by atoms with E-state index in [1.807, 2.05) is 6.92 Å². The van der Waals surface area contributed by atoms with Crippen LogP contribution in [0.5, 0.6) is 0 Å². The van der Waals surface area contributed by atoms with Crippen LogP contribution in [-0.4, -0.2) is 22.8 Å². The van der Waals surface area contributed by atoms with Gasteiger partial charge in [0.2, 0.25) is 11.7 Å². The molecule has 1 aliphatic rings. The van der Waals surface area contributed by atoms with Gasteiger partial charge in [0, 0.05) is 19.1 Å². The minimum Gasteiger partial charge on any atom is -0.367 e. The van der Waals surface area contributed by atoms with E-state index in [0.29, 0.717) is 24.7 Å². The van der Waals surface area contributed by atoms with Gasteiger partial charge in [-0.25, -0.2) is 0 Å². The Morgan fingerprint density at radius 1 is 1.39 bits per heavy atom. The fourth-order valence-corrected chi connectivity index (χ4v) is 2.55. The minimum atomic E-state index is -0.313. The van der Waals surface area contributed by atoms with E-state index in [-0.39, 0.29) is 11.6 Å².